The molecule has 3 aromatic rings. The van der Waals surface area contributed by atoms with Crippen LogP contribution in [0.4, 0.5) is 4.79 Å². The Hall–Kier alpha value is -4.34. The minimum atomic E-state index is -1.03. The third-order valence-corrected chi connectivity index (χ3v) is 5.41. The van der Waals surface area contributed by atoms with Crippen LogP contribution in [0.15, 0.2) is 46.9 Å². The van der Waals surface area contributed by atoms with Gasteiger partial charge < -0.3 is 29.4 Å². The van der Waals surface area contributed by atoms with Crippen LogP contribution in [0.5, 0.6) is 5.75 Å². The Bertz CT molecular complexity index is 1270. The van der Waals surface area contributed by atoms with E-state index in [1.165, 1.54) is 12.1 Å². The zero-order valence-corrected chi connectivity index (χ0v) is 20.9. The molecule has 0 aliphatic carbocycles. The summed E-state index contributed by atoms with van der Waals surface area (Å²) < 4.78 is 16.7. The third-order valence-electron chi connectivity index (χ3n) is 5.41. The molecule has 0 radical (unpaired) electrons. The number of carboxylic acids is 2. The molecule has 0 spiro atoms. The average molecular weight is 511 g/mol. The van der Waals surface area contributed by atoms with Crippen LogP contribution in [0.3, 0.4) is 0 Å². The molecule has 3 rings (SSSR count). The number of aromatic nitrogens is 1. The van der Waals surface area contributed by atoms with Crippen molar-refractivity contribution in [1.29, 1.82) is 0 Å². The molecule has 1 aromatic heterocycles. The molecule has 0 atom stereocenters. The second-order valence-electron chi connectivity index (χ2n) is 8.64. The van der Waals surface area contributed by atoms with Crippen LogP contribution in [0, 0.1) is 6.92 Å². The summed E-state index contributed by atoms with van der Waals surface area (Å²) in [6.07, 6.45) is -0.0921. The molecule has 10 heteroatoms. The van der Waals surface area contributed by atoms with Crippen molar-refractivity contribution in [3.8, 4) is 17.2 Å². The van der Waals surface area contributed by atoms with E-state index in [4.69, 9.17) is 19.0 Å². The lowest BCUT2D eigenvalue weighted by Crippen LogP contribution is -2.26. The second-order valence-corrected chi connectivity index (χ2v) is 8.64. The highest BCUT2D eigenvalue weighted by molar-refractivity contribution is 5.89. The molecule has 10 nitrogen and oxygen atoms in total. The predicted octanol–water partition coefficient (Wildman–Crippen LogP) is 4.62. The maximum absolute atomic E-state index is 11.9. The average Bonchev–Trinajstić information content (AvgIpc) is 3.22. The number of benzene rings is 2. The Kier molecular flexibility index (Phi) is 9.26. The monoisotopic (exact) mass is 510 g/mol. The lowest BCUT2D eigenvalue weighted by atomic mass is 10.0. The number of carbonyl (C=O) groups is 3. The van der Waals surface area contributed by atoms with Crippen LogP contribution >= 0.6 is 0 Å². The molecular weight excluding hydrogens is 480 g/mol. The van der Waals surface area contributed by atoms with Gasteiger partial charge in [-0.15, -0.1) is 0 Å². The first-order chi connectivity index (χ1) is 17.6. The van der Waals surface area contributed by atoms with E-state index < -0.39 is 18.0 Å². The van der Waals surface area contributed by atoms with Crippen molar-refractivity contribution in [3.63, 3.8) is 0 Å². The number of ether oxygens (including phenoxy) is 2. The van der Waals surface area contributed by atoms with Crippen LogP contribution in [0.2, 0.25) is 0 Å². The highest BCUT2D eigenvalue weighted by Gasteiger charge is 2.14. The number of oxazole rings is 1. The first-order valence-corrected chi connectivity index (χ1v) is 11.8. The first kappa shape index (κ1) is 27.3. The van der Waals surface area contributed by atoms with E-state index >= 15 is 0 Å². The Morgan fingerprint density at radius 3 is 2.54 bits per heavy atom. The smallest absolute Gasteiger partial charge is 0.407 e. The number of carbonyl (C=O) groups excluding carboxylic acids is 1. The van der Waals surface area contributed by atoms with Gasteiger partial charge >= 0.3 is 18.0 Å². The summed E-state index contributed by atoms with van der Waals surface area (Å²) in [5.74, 6) is -0.435. The fourth-order valence-corrected chi connectivity index (χ4v) is 3.60. The minimum Gasteiger partial charge on any atom is -0.493 e. The van der Waals surface area contributed by atoms with Crippen LogP contribution in [0.1, 0.15) is 53.2 Å². The molecular formula is C27H30N2O8. The molecule has 2 aromatic carbocycles. The van der Waals surface area contributed by atoms with E-state index in [-0.39, 0.29) is 24.6 Å². The third kappa shape index (κ3) is 8.09. The summed E-state index contributed by atoms with van der Waals surface area (Å²) in [6.45, 7) is 5.74. The van der Waals surface area contributed by atoms with Gasteiger partial charge in [-0.1, -0.05) is 12.1 Å². The standard InChI is InChI=1S/C27H30N2O8/c1-16(2)36-27(34)28-15-21-14-22(9-7-18(21)8-10-24(30)31)35-12-11-23-17(3)37-25(29-23)19-5-4-6-20(13-19)26(32)33/h4-7,9,13-14,16H,8,10-12,15H2,1-3H3,(H,28,34)(H,30,31)(H,32,33). The molecule has 1 amide bonds. The van der Waals surface area contributed by atoms with Crippen LogP contribution in [-0.4, -0.2) is 45.9 Å². The zero-order valence-electron chi connectivity index (χ0n) is 20.9. The second kappa shape index (κ2) is 12.6. The molecule has 0 aliphatic rings. The van der Waals surface area contributed by atoms with Gasteiger partial charge in [-0.05, 0) is 68.7 Å². The Labute approximate surface area is 214 Å². The number of aliphatic carboxylic acids is 1. The van der Waals surface area contributed by atoms with E-state index in [0.29, 0.717) is 48.1 Å². The summed E-state index contributed by atoms with van der Waals surface area (Å²) in [5, 5.41) is 20.9. The molecule has 196 valence electrons. The Morgan fingerprint density at radius 1 is 1.05 bits per heavy atom. The number of alkyl carbamates (subject to hydrolysis) is 1. The summed E-state index contributed by atoms with van der Waals surface area (Å²) >= 11 is 0. The van der Waals surface area contributed by atoms with Gasteiger partial charge in [0, 0.05) is 24.9 Å². The summed E-state index contributed by atoms with van der Waals surface area (Å²) in [6, 6.07) is 11.7. The fraction of sp³-hybridized carbons (Fsp3) is 0.333. The van der Waals surface area contributed by atoms with Crippen LogP contribution in [0.25, 0.3) is 11.5 Å². The number of aryl methyl sites for hydroxylation is 2. The lowest BCUT2D eigenvalue weighted by Gasteiger charge is -2.14. The van der Waals surface area contributed by atoms with Gasteiger partial charge in [-0.3, -0.25) is 4.79 Å². The predicted molar refractivity (Wildman–Crippen MR) is 134 cm³/mol. The van der Waals surface area contributed by atoms with Crippen molar-refractivity contribution in [3.05, 3.63) is 70.6 Å². The number of nitrogens with one attached hydrogen (secondary N) is 1. The number of aromatic carboxylic acids is 1. The van der Waals surface area contributed by atoms with Gasteiger partial charge in [-0.25, -0.2) is 14.6 Å². The van der Waals surface area contributed by atoms with Gasteiger partial charge in [0.1, 0.15) is 11.5 Å². The van der Waals surface area contributed by atoms with Crippen LogP contribution in [-0.2, 0) is 28.9 Å². The maximum Gasteiger partial charge on any atom is 0.407 e. The van der Waals surface area contributed by atoms with Crippen molar-refractivity contribution in [2.24, 2.45) is 0 Å². The van der Waals surface area contributed by atoms with E-state index in [0.717, 1.165) is 11.1 Å². The van der Waals surface area contributed by atoms with E-state index in [2.05, 4.69) is 10.3 Å². The highest BCUT2D eigenvalue weighted by Crippen LogP contribution is 2.24. The van der Waals surface area contributed by atoms with Gasteiger partial charge in [0.2, 0.25) is 5.89 Å². The van der Waals surface area contributed by atoms with Gasteiger partial charge in [0.25, 0.3) is 0 Å². The summed E-state index contributed by atoms with van der Waals surface area (Å²) in [7, 11) is 0. The first-order valence-electron chi connectivity index (χ1n) is 11.8. The molecule has 1 heterocycles. The van der Waals surface area contributed by atoms with Crippen molar-refractivity contribution < 1.29 is 38.5 Å². The number of nitrogens with zero attached hydrogens (tertiary/aromatic N) is 1. The number of hydrogen-bond donors (Lipinski definition) is 3. The fourth-order valence-electron chi connectivity index (χ4n) is 3.60. The largest absolute Gasteiger partial charge is 0.493 e. The molecule has 0 aliphatic heterocycles. The van der Waals surface area contributed by atoms with Crippen molar-refractivity contribution in [2.45, 2.75) is 52.7 Å². The Morgan fingerprint density at radius 2 is 1.84 bits per heavy atom. The highest BCUT2D eigenvalue weighted by atomic mass is 16.6. The van der Waals surface area contributed by atoms with Gasteiger partial charge in [0.15, 0.2) is 0 Å². The van der Waals surface area contributed by atoms with Crippen LogP contribution < -0.4 is 10.1 Å². The van der Waals surface area contributed by atoms with Gasteiger partial charge in [0.05, 0.1) is 24.0 Å². The van der Waals surface area contributed by atoms with Gasteiger partial charge in [-0.2, -0.15) is 0 Å². The SMILES string of the molecule is Cc1oc(-c2cccc(C(=O)O)c2)nc1CCOc1ccc(CCC(=O)O)c(CNC(=O)OC(C)C)c1. The summed E-state index contributed by atoms with van der Waals surface area (Å²) in [5.41, 5.74) is 2.93. The molecule has 37 heavy (non-hydrogen) atoms. The minimum absolute atomic E-state index is 0.0349. The van der Waals surface area contributed by atoms with Crippen molar-refractivity contribution in [2.75, 3.05) is 6.61 Å². The van der Waals surface area contributed by atoms with E-state index in [1.54, 1.807) is 51.1 Å². The molecule has 0 bridgehead atoms. The number of hydrogen-bond acceptors (Lipinski definition) is 7. The molecule has 0 unspecified atom stereocenters. The molecule has 3 N–H and O–H groups in total. The quantitative estimate of drug-likeness (QED) is 0.317. The van der Waals surface area contributed by atoms with E-state index in [1.807, 2.05) is 0 Å². The Balaban J connectivity index is 1.66. The normalized spacial score (nSPS) is 10.8. The molecule has 0 saturated carbocycles. The molecule has 0 fully saturated rings. The summed E-state index contributed by atoms with van der Waals surface area (Å²) in [4.78, 5) is 38.7. The lowest BCUT2D eigenvalue weighted by molar-refractivity contribution is -0.136. The maximum atomic E-state index is 11.9. The topological polar surface area (TPSA) is 148 Å². The number of rotatable bonds is 12. The van der Waals surface area contributed by atoms with E-state index in [9.17, 15) is 19.5 Å². The zero-order chi connectivity index (χ0) is 26.9. The van der Waals surface area contributed by atoms with Crippen molar-refractivity contribution >= 4 is 18.0 Å². The van der Waals surface area contributed by atoms with Crippen molar-refractivity contribution in [1.82, 2.24) is 10.3 Å². The number of carboxylic acid groups (broad SMARTS) is 2. The molecule has 0 saturated heterocycles. The number of amides is 1.